The van der Waals surface area contributed by atoms with Gasteiger partial charge in [0.15, 0.2) is 0 Å². The molecule has 0 aromatic heterocycles. The van der Waals surface area contributed by atoms with Gasteiger partial charge in [-0.05, 0) is 24.1 Å². The number of hydrogen-bond acceptors (Lipinski definition) is 4. The first-order chi connectivity index (χ1) is 9.41. The van der Waals surface area contributed by atoms with Crippen molar-refractivity contribution in [2.75, 3.05) is 20.2 Å². The van der Waals surface area contributed by atoms with Crippen LogP contribution in [0, 0.1) is 0 Å². The van der Waals surface area contributed by atoms with Gasteiger partial charge in [-0.3, -0.25) is 4.79 Å². The molecule has 0 aliphatic carbocycles. The van der Waals surface area contributed by atoms with Crippen LogP contribution in [-0.4, -0.2) is 44.0 Å². The number of aliphatic carboxylic acids is 1. The van der Waals surface area contributed by atoms with Crippen molar-refractivity contribution < 1.29 is 23.1 Å². The minimum Gasteiger partial charge on any atom is -0.480 e. The number of rotatable bonds is 8. The van der Waals surface area contributed by atoms with E-state index in [-0.39, 0.29) is 11.4 Å². The van der Waals surface area contributed by atoms with Gasteiger partial charge < -0.3 is 9.84 Å². The van der Waals surface area contributed by atoms with Gasteiger partial charge in [-0.15, -0.1) is 0 Å². The summed E-state index contributed by atoms with van der Waals surface area (Å²) in [6.45, 7) is 1.73. The highest BCUT2D eigenvalue weighted by Gasteiger charge is 2.25. The van der Waals surface area contributed by atoms with Crippen LogP contribution >= 0.6 is 0 Å². The van der Waals surface area contributed by atoms with E-state index < -0.39 is 22.5 Å². The second-order valence-corrected chi connectivity index (χ2v) is 6.25. The van der Waals surface area contributed by atoms with E-state index in [1.54, 1.807) is 19.1 Å². The molecule has 1 N–H and O–H groups in total. The molecule has 1 rings (SSSR count). The van der Waals surface area contributed by atoms with Crippen LogP contribution in [0.1, 0.15) is 18.9 Å². The van der Waals surface area contributed by atoms with Gasteiger partial charge in [-0.1, -0.05) is 19.1 Å². The van der Waals surface area contributed by atoms with Gasteiger partial charge in [0.1, 0.15) is 6.54 Å². The van der Waals surface area contributed by atoms with Gasteiger partial charge in [-0.25, -0.2) is 8.42 Å². The number of carboxylic acids is 1. The number of hydrogen-bond donors (Lipinski definition) is 1. The van der Waals surface area contributed by atoms with Crippen molar-refractivity contribution in [3.63, 3.8) is 0 Å². The second kappa shape index (κ2) is 7.37. The predicted molar refractivity (Wildman–Crippen MR) is 73.8 cm³/mol. The molecular weight excluding hydrogens is 282 g/mol. The summed E-state index contributed by atoms with van der Waals surface area (Å²) in [5.74, 6) is -1.17. The molecule has 0 heterocycles. The Kier molecular flexibility index (Phi) is 6.12. The molecule has 6 nitrogen and oxygen atoms in total. The Morgan fingerprint density at radius 1 is 1.40 bits per heavy atom. The molecular formula is C13H19NO5S. The number of carboxylic acid groups (broad SMARTS) is 1. The minimum absolute atomic E-state index is 0.0850. The van der Waals surface area contributed by atoms with Crippen molar-refractivity contribution in [3.8, 4) is 0 Å². The number of benzene rings is 1. The molecule has 0 radical (unpaired) electrons. The van der Waals surface area contributed by atoms with Crippen LogP contribution < -0.4 is 0 Å². The van der Waals surface area contributed by atoms with Gasteiger partial charge in [0.05, 0.1) is 11.5 Å². The minimum atomic E-state index is -3.80. The summed E-state index contributed by atoms with van der Waals surface area (Å²) in [4.78, 5) is 10.9. The smallest absolute Gasteiger partial charge is 0.318 e. The van der Waals surface area contributed by atoms with Crippen LogP contribution in [0.25, 0.3) is 0 Å². The number of ether oxygens (including phenoxy) is 1. The Morgan fingerprint density at radius 3 is 2.65 bits per heavy atom. The molecule has 112 valence electrons. The van der Waals surface area contributed by atoms with Crippen molar-refractivity contribution in [2.24, 2.45) is 0 Å². The molecule has 20 heavy (non-hydrogen) atoms. The summed E-state index contributed by atoms with van der Waals surface area (Å²) in [6.07, 6.45) is 0.546. The van der Waals surface area contributed by atoms with E-state index in [2.05, 4.69) is 0 Å². The van der Waals surface area contributed by atoms with Crippen LogP contribution in [-0.2, 0) is 26.2 Å². The zero-order valence-corrected chi connectivity index (χ0v) is 12.4. The van der Waals surface area contributed by atoms with E-state index in [0.29, 0.717) is 13.0 Å². The van der Waals surface area contributed by atoms with Crippen LogP contribution in [0.3, 0.4) is 0 Å². The third-order valence-electron chi connectivity index (χ3n) is 2.63. The Balaban J connectivity index is 3.11. The summed E-state index contributed by atoms with van der Waals surface area (Å²) in [7, 11) is -2.28. The average molecular weight is 301 g/mol. The van der Waals surface area contributed by atoms with Crippen LogP contribution in [0.2, 0.25) is 0 Å². The highest BCUT2D eigenvalue weighted by atomic mass is 32.2. The lowest BCUT2D eigenvalue weighted by Gasteiger charge is -2.20. The predicted octanol–water partition coefficient (Wildman–Crippen LogP) is 1.32. The topological polar surface area (TPSA) is 83.9 Å². The molecule has 1 aromatic rings. The van der Waals surface area contributed by atoms with Crippen molar-refractivity contribution in [1.29, 1.82) is 0 Å². The third kappa shape index (κ3) is 4.29. The van der Waals surface area contributed by atoms with E-state index in [1.165, 1.54) is 19.2 Å². The highest BCUT2D eigenvalue weighted by molar-refractivity contribution is 7.89. The Bertz CT molecular complexity index is 556. The molecule has 0 bridgehead atoms. The maximum absolute atomic E-state index is 12.4. The molecule has 7 heteroatoms. The molecule has 0 aliphatic rings. The standard InChI is InChI=1S/C13H19NO5S/c1-3-7-14(9-13(15)16)20(17,18)12-6-4-5-11(8-12)10-19-2/h4-6,8H,3,7,9-10H2,1-2H3,(H,15,16). The molecule has 0 amide bonds. The van der Waals surface area contributed by atoms with Gasteiger partial charge in [0.2, 0.25) is 10.0 Å². The maximum atomic E-state index is 12.4. The summed E-state index contributed by atoms with van der Waals surface area (Å²) >= 11 is 0. The van der Waals surface area contributed by atoms with Gasteiger partial charge in [0, 0.05) is 13.7 Å². The van der Waals surface area contributed by atoms with Gasteiger partial charge >= 0.3 is 5.97 Å². The van der Waals surface area contributed by atoms with E-state index in [1.807, 2.05) is 0 Å². The Labute approximate surface area is 119 Å². The molecule has 0 spiro atoms. The zero-order chi connectivity index (χ0) is 15.2. The Hall–Kier alpha value is -1.44. The first-order valence-corrected chi connectivity index (χ1v) is 7.65. The molecule has 0 atom stereocenters. The summed E-state index contributed by atoms with van der Waals surface area (Å²) in [5.41, 5.74) is 0.723. The highest BCUT2D eigenvalue weighted by Crippen LogP contribution is 2.18. The van der Waals surface area contributed by atoms with Crippen LogP contribution in [0.4, 0.5) is 0 Å². The zero-order valence-electron chi connectivity index (χ0n) is 11.6. The molecule has 0 saturated heterocycles. The van der Waals surface area contributed by atoms with E-state index in [9.17, 15) is 13.2 Å². The number of methoxy groups -OCH3 is 1. The van der Waals surface area contributed by atoms with E-state index in [0.717, 1.165) is 9.87 Å². The molecule has 0 unspecified atom stereocenters. The van der Waals surface area contributed by atoms with Gasteiger partial charge in [-0.2, -0.15) is 4.31 Å². The first-order valence-electron chi connectivity index (χ1n) is 6.21. The molecule has 0 fully saturated rings. The maximum Gasteiger partial charge on any atom is 0.318 e. The van der Waals surface area contributed by atoms with Crippen molar-refractivity contribution in [2.45, 2.75) is 24.8 Å². The lowest BCUT2D eigenvalue weighted by atomic mass is 10.2. The lowest BCUT2D eigenvalue weighted by molar-refractivity contribution is -0.137. The average Bonchev–Trinajstić information content (AvgIpc) is 2.38. The fourth-order valence-electron chi connectivity index (χ4n) is 1.80. The summed E-state index contributed by atoms with van der Waals surface area (Å²) in [6, 6.07) is 6.33. The summed E-state index contributed by atoms with van der Waals surface area (Å²) < 4.78 is 30.8. The number of carbonyl (C=O) groups is 1. The monoisotopic (exact) mass is 301 g/mol. The quantitative estimate of drug-likeness (QED) is 0.783. The van der Waals surface area contributed by atoms with Crippen molar-refractivity contribution >= 4 is 16.0 Å². The van der Waals surface area contributed by atoms with Crippen molar-refractivity contribution in [3.05, 3.63) is 29.8 Å². The fourth-order valence-corrected chi connectivity index (χ4v) is 3.35. The van der Waals surface area contributed by atoms with Crippen molar-refractivity contribution in [1.82, 2.24) is 4.31 Å². The fraction of sp³-hybridized carbons (Fsp3) is 0.462. The van der Waals surface area contributed by atoms with E-state index >= 15 is 0 Å². The first kappa shape index (κ1) is 16.6. The number of nitrogens with zero attached hydrogens (tertiary/aromatic N) is 1. The Morgan fingerprint density at radius 2 is 2.10 bits per heavy atom. The largest absolute Gasteiger partial charge is 0.480 e. The summed E-state index contributed by atoms with van der Waals surface area (Å²) in [5, 5.41) is 8.83. The second-order valence-electron chi connectivity index (χ2n) is 4.31. The van der Waals surface area contributed by atoms with Crippen LogP contribution in [0.15, 0.2) is 29.2 Å². The van der Waals surface area contributed by atoms with E-state index in [4.69, 9.17) is 9.84 Å². The normalized spacial score (nSPS) is 11.8. The third-order valence-corrected chi connectivity index (χ3v) is 4.47. The number of sulfonamides is 1. The molecule has 0 saturated carbocycles. The molecule has 1 aromatic carbocycles. The SMILES string of the molecule is CCCN(CC(=O)O)S(=O)(=O)c1cccc(COC)c1. The lowest BCUT2D eigenvalue weighted by Crippen LogP contribution is -2.36. The molecule has 0 aliphatic heterocycles. The van der Waals surface area contributed by atoms with Gasteiger partial charge in [0.25, 0.3) is 0 Å². The van der Waals surface area contributed by atoms with Crippen LogP contribution in [0.5, 0.6) is 0 Å².